The quantitative estimate of drug-likeness (QED) is 0.455. The van der Waals surface area contributed by atoms with Crippen LogP contribution in [0.1, 0.15) is 20.8 Å². The molecule has 0 saturated heterocycles. The fourth-order valence-electron chi connectivity index (χ4n) is 0.267. The summed E-state index contributed by atoms with van der Waals surface area (Å²) in [7, 11) is 0. The van der Waals surface area contributed by atoms with Gasteiger partial charge in [0.25, 0.3) is 0 Å². The molecule has 0 aromatic heterocycles. The van der Waals surface area contributed by atoms with E-state index in [0.717, 1.165) is 0 Å². The van der Waals surface area contributed by atoms with Crippen LogP contribution >= 0.6 is 0 Å². The van der Waals surface area contributed by atoms with Crippen LogP contribution in [0.15, 0.2) is 0 Å². The second kappa shape index (κ2) is 3.82. The highest BCUT2D eigenvalue weighted by Gasteiger charge is 2.08. The first-order chi connectivity index (χ1) is 4.06. The minimum Gasteiger partial charge on any atom is -0.350 e. The smallest absolute Gasteiger partial charge is 0.149 e. The third kappa shape index (κ3) is 7.88. The van der Waals surface area contributed by atoms with Gasteiger partial charge in [-0.05, 0) is 20.8 Å². The first-order valence-electron chi connectivity index (χ1n) is 2.98. The normalized spacial score (nSPS) is 12.0. The van der Waals surface area contributed by atoms with Gasteiger partial charge in [0, 0.05) is 0 Å². The molecule has 0 heterocycles. The summed E-state index contributed by atoms with van der Waals surface area (Å²) in [6, 6.07) is 0. The Hall–Kier alpha value is -0.120. The average molecular weight is 133 g/mol. The third-order valence-corrected chi connectivity index (χ3v) is 0.693. The topological polar surface area (TPSA) is 44.5 Å². The second-order valence-corrected chi connectivity index (χ2v) is 2.75. The summed E-state index contributed by atoms with van der Waals surface area (Å²) < 4.78 is 9.93. The summed E-state index contributed by atoms with van der Waals surface area (Å²) in [6.45, 7) is 6.39. The van der Waals surface area contributed by atoms with Crippen LogP contribution in [0.3, 0.4) is 0 Å². The van der Waals surface area contributed by atoms with Crippen molar-refractivity contribution >= 4 is 0 Å². The van der Waals surface area contributed by atoms with Crippen molar-refractivity contribution in [1.82, 2.24) is 0 Å². The molecule has 0 aromatic rings. The van der Waals surface area contributed by atoms with Gasteiger partial charge in [-0.15, -0.1) is 0 Å². The molecule has 0 radical (unpaired) electrons. The zero-order chi connectivity index (χ0) is 7.33. The predicted molar refractivity (Wildman–Crippen MR) is 35.8 cm³/mol. The Labute approximate surface area is 56.1 Å². The van der Waals surface area contributed by atoms with Crippen molar-refractivity contribution in [2.75, 3.05) is 13.5 Å². The first-order valence-corrected chi connectivity index (χ1v) is 2.98. The molecular weight excluding hydrogens is 118 g/mol. The molecule has 0 amide bonds. The van der Waals surface area contributed by atoms with E-state index >= 15 is 0 Å². The van der Waals surface area contributed by atoms with Gasteiger partial charge in [0.05, 0.1) is 12.3 Å². The lowest BCUT2D eigenvalue weighted by atomic mass is 10.2. The molecule has 0 spiro atoms. The highest BCUT2D eigenvalue weighted by molar-refractivity contribution is 4.56. The van der Waals surface area contributed by atoms with Crippen LogP contribution in [-0.2, 0) is 9.47 Å². The van der Waals surface area contributed by atoms with Crippen molar-refractivity contribution in [3.8, 4) is 0 Å². The van der Waals surface area contributed by atoms with E-state index in [1.165, 1.54) is 0 Å². The van der Waals surface area contributed by atoms with Crippen LogP contribution in [0.5, 0.6) is 0 Å². The second-order valence-electron chi connectivity index (χ2n) is 2.75. The molecule has 3 heteroatoms. The van der Waals surface area contributed by atoms with Gasteiger partial charge in [-0.25, -0.2) is 0 Å². The lowest BCUT2D eigenvalue weighted by Gasteiger charge is -2.18. The number of hydrogen-bond donors (Lipinski definition) is 1. The van der Waals surface area contributed by atoms with Crippen LogP contribution in [0, 0.1) is 0 Å². The molecule has 0 fully saturated rings. The summed E-state index contributed by atoms with van der Waals surface area (Å²) in [5.41, 5.74) is 4.93. The lowest BCUT2D eigenvalue weighted by Crippen LogP contribution is -2.22. The van der Waals surface area contributed by atoms with Gasteiger partial charge in [0.15, 0.2) is 0 Å². The molecule has 0 rings (SSSR count). The molecule has 0 bridgehead atoms. The van der Waals surface area contributed by atoms with Gasteiger partial charge in [0.2, 0.25) is 0 Å². The van der Waals surface area contributed by atoms with Crippen molar-refractivity contribution in [3.63, 3.8) is 0 Å². The van der Waals surface area contributed by atoms with Gasteiger partial charge in [-0.3, -0.25) is 0 Å². The Morgan fingerprint density at radius 1 is 1.33 bits per heavy atom. The number of ether oxygens (including phenoxy) is 2. The largest absolute Gasteiger partial charge is 0.350 e. The van der Waals surface area contributed by atoms with E-state index in [1.807, 2.05) is 20.8 Å². The van der Waals surface area contributed by atoms with E-state index in [1.54, 1.807) is 0 Å². The van der Waals surface area contributed by atoms with Crippen LogP contribution in [0.2, 0.25) is 0 Å². The monoisotopic (exact) mass is 133 g/mol. The van der Waals surface area contributed by atoms with Crippen molar-refractivity contribution in [1.29, 1.82) is 0 Å². The molecule has 0 aliphatic heterocycles. The minimum absolute atomic E-state index is 0.130. The van der Waals surface area contributed by atoms with E-state index in [4.69, 9.17) is 15.2 Å². The van der Waals surface area contributed by atoms with Gasteiger partial charge in [0.1, 0.15) is 6.79 Å². The molecule has 56 valence electrons. The molecule has 0 atom stereocenters. The minimum atomic E-state index is -0.130. The maximum absolute atomic E-state index is 5.17. The molecule has 0 unspecified atom stereocenters. The maximum Gasteiger partial charge on any atom is 0.149 e. The standard InChI is InChI=1S/C6H15NO2/c1-6(2,3)9-5-8-4-7/h4-5,7H2,1-3H3. The molecule has 0 aliphatic carbocycles. The number of hydrogen-bond acceptors (Lipinski definition) is 3. The molecule has 0 saturated carbocycles. The summed E-state index contributed by atoms with van der Waals surface area (Å²) >= 11 is 0. The van der Waals surface area contributed by atoms with Crippen molar-refractivity contribution in [2.45, 2.75) is 26.4 Å². The van der Waals surface area contributed by atoms with Gasteiger partial charge < -0.3 is 15.2 Å². The summed E-state index contributed by atoms with van der Waals surface area (Å²) in [6.07, 6.45) is 0. The van der Waals surface area contributed by atoms with E-state index < -0.39 is 0 Å². The molecule has 0 aromatic carbocycles. The third-order valence-electron chi connectivity index (χ3n) is 0.693. The van der Waals surface area contributed by atoms with Crippen LogP contribution in [-0.4, -0.2) is 19.1 Å². The fourth-order valence-corrected chi connectivity index (χ4v) is 0.267. The van der Waals surface area contributed by atoms with Gasteiger partial charge in [-0.2, -0.15) is 0 Å². The molecule has 3 nitrogen and oxygen atoms in total. The van der Waals surface area contributed by atoms with Crippen molar-refractivity contribution in [2.24, 2.45) is 5.73 Å². The van der Waals surface area contributed by atoms with E-state index in [-0.39, 0.29) is 19.1 Å². The number of nitrogens with two attached hydrogens (primary N) is 1. The van der Waals surface area contributed by atoms with Crippen LogP contribution < -0.4 is 5.73 Å². The maximum atomic E-state index is 5.17. The van der Waals surface area contributed by atoms with E-state index in [9.17, 15) is 0 Å². The summed E-state index contributed by atoms with van der Waals surface area (Å²) in [4.78, 5) is 0. The molecule has 0 aliphatic rings. The Bertz CT molecular complexity index is 67.9. The molecule has 9 heavy (non-hydrogen) atoms. The van der Waals surface area contributed by atoms with E-state index in [2.05, 4.69) is 0 Å². The number of rotatable bonds is 3. The molecule has 2 N–H and O–H groups in total. The van der Waals surface area contributed by atoms with Crippen molar-refractivity contribution < 1.29 is 9.47 Å². The highest BCUT2D eigenvalue weighted by atomic mass is 16.7. The SMILES string of the molecule is CC(C)(C)OCOCN. The van der Waals surface area contributed by atoms with Gasteiger partial charge in [-0.1, -0.05) is 0 Å². The predicted octanol–water partition coefficient (Wildman–Crippen LogP) is 0.692. The Morgan fingerprint density at radius 2 is 1.89 bits per heavy atom. The zero-order valence-electron chi connectivity index (χ0n) is 6.31. The summed E-state index contributed by atoms with van der Waals surface area (Å²) in [5.74, 6) is 0. The van der Waals surface area contributed by atoms with Crippen LogP contribution in [0.4, 0.5) is 0 Å². The van der Waals surface area contributed by atoms with Crippen LogP contribution in [0.25, 0.3) is 0 Å². The highest BCUT2D eigenvalue weighted by Crippen LogP contribution is 2.05. The Kier molecular flexibility index (Phi) is 3.77. The Balaban J connectivity index is 3.07. The summed E-state index contributed by atoms with van der Waals surface area (Å²) in [5, 5.41) is 0. The molecular formula is C6H15NO2. The fraction of sp³-hybridized carbons (Fsp3) is 1.00. The van der Waals surface area contributed by atoms with Crippen molar-refractivity contribution in [3.05, 3.63) is 0 Å². The zero-order valence-corrected chi connectivity index (χ0v) is 6.31. The Morgan fingerprint density at radius 3 is 2.22 bits per heavy atom. The average Bonchev–Trinajstić information content (AvgIpc) is 1.63. The van der Waals surface area contributed by atoms with E-state index in [0.29, 0.717) is 0 Å². The van der Waals surface area contributed by atoms with Gasteiger partial charge >= 0.3 is 0 Å². The first kappa shape index (κ1) is 8.88. The lowest BCUT2D eigenvalue weighted by molar-refractivity contribution is -0.118.